The molecule has 284 valence electrons. The summed E-state index contributed by atoms with van der Waals surface area (Å²) in [6, 6.07) is 91.6. The van der Waals surface area contributed by atoms with Crippen LogP contribution in [0.25, 0.3) is 55.3 Å². The number of fused-ring (bicyclic) bond motifs is 1. The van der Waals surface area contributed by atoms with Crippen LogP contribution in [0.4, 0.5) is 34.1 Å². The minimum absolute atomic E-state index is 1.09. The van der Waals surface area contributed by atoms with Crippen molar-refractivity contribution in [3.63, 3.8) is 0 Å². The van der Waals surface area contributed by atoms with Gasteiger partial charge in [0, 0.05) is 33.0 Å². The van der Waals surface area contributed by atoms with Crippen molar-refractivity contribution in [2.45, 2.75) is 0 Å². The first-order valence-electron chi connectivity index (χ1n) is 20.5. The Kier molecular flexibility index (Phi) is 10.0. The molecule has 10 aromatic carbocycles. The van der Waals surface area contributed by atoms with Gasteiger partial charge in [0.2, 0.25) is 0 Å². The van der Waals surface area contributed by atoms with Gasteiger partial charge in [-0.25, -0.2) is 0 Å². The Bertz CT molecular complexity index is 2660. The van der Waals surface area contributed by atoms with Gasteiger partial charge in [-0.15, -0.1) is 0 Å². The van der Waals surface area contributed by atoms with E-state index in [1.165, 1.54) is 0 Å². The zero-order valence-corrected chi connectivity index (χ0v) is 33.1. The highest BCUT2D eigenvalue weighted by molar-refractivity contribution is 6.10. The van der Waals surface area contributed by atoms with Gasteiger partial charge >= 0.3 is 0 Å². The third-order valence-corrected chi connectivity index (χ3v) is 11.3. The van der Waals surface area contributed by atoms with Gasteiger partial charge in [0.05, 0.1) is 34.1 Å². The number of rotatable bonds is 10. The van der Waals surface area contributed by atoms with E-state index in [-0.39, 0.29) is 0 Å². The molecule has 0 saturated heterocycles. The van der Waals surface area contributed by atoms with E-state index in [1.54, 1.807) is 0 Å². The van der Waals surface area contributed by atoms with Gasteiger partial charge in [-0.05, 0) is 58.7 Å². The van der Waals surface area contributed by atoms with Gasteiger partial charge in [-0.2, -0.15) is 0 Å². The van der Waals surface area contributed by atoms with Gasteiger partial charge in [0.25, 0.3) is 0 Å². The number of nitrogens with zero attached hydrogens (tertiary/aromatic N) is 2. The molecule has 10 aromatic rings. The molecule has 0 saturated carbocycles. The topological polar surface area (TPSA) is 6.48 Å². The van der Waals surface area contributed by atoms with Crippen molar-refractivity contribution in [1.29, 1.82) is 0 Å². The SMILES string of the molecule is c1ccc(-c2ccccc2N(c2ccccc2-c2ccccc2)c2ccc(N(c3ccccc3-c3ccccc3)c3ccccc3-c3ccccc3)c3ccccc23)cc1. The molecule has 0 bridgehead atoms. The Morgan fingerprint density at radius 3 is 0.650 bits per heavy atom. The van der Waals surface area contributed by atoms with Crippen LogP contribution in [0.3, 0.4) is 0 Å². The average Bonchev–Trinajstić information content (AvgIpc) is 3.34. The number of benzene rings is 10. The van der Waals surface area contributed by atoms with E-state index in [9.17, 15) is 0 Å². The monoisotopic (exact) mass is 766 g/mol. The highest BCUT2D eigenvalue weighted by Gasteiger charge is 2.26. The normalized spacial score (nSPS) is 11.0. The minimum atomic E-state index is 1.09. The zero-order valence-electron chi connectivity index (χ0n) is 33.1. The van der Waals surface area contributed by atoms with Crippen LogP contribution < -0.4 is 9.80 Å². The summed E-state index contributed by atoms with van der Waals surface area (Å²) < 4.78 is 0. The van der Waals surface area contributed by atoms with E-state index < -0.39 is 0 Å². The molecule has 0 aliphatic rings. The highest BCUT2D eigenvalue weighted by atomic mass is 15.2. The molecule has 0 N–H and O–H groups in total. The van der Waals surface area contributed by atoms with Crippen molar-refractivity contribution in [1.82, 2.24) is 0 Å². The molecule has 0 heterocycles. The van der Waals surface area contributed by atoms with Crippen LogP contribution in [0, 0.1) is 0 Å². The van der Waals surface area contributed by atoms with Crippen LogP contribution in [0.15, 0.2) is 255 Å². The Morgan fingerprint density at radius 1 is 0.167 bits per heavy atom. The summed E-state index contributed by atoms with van der Waals surface area (Å²) in [7, 11) is 0. The van der Waals surface area contributed by atoms with Crippen LogP contribution in [-0.2, 0) is 0 Å². The third kappa shape index (κ3) is 6.91. The van der Waals surface area contributed by atoms with Crippen LogP contribution in [0.2, 0.25) is 0 Å². The first kappa shape index (κ1) is 36.4. The lowest BCUT2D eigenvalue weighted by molar-refractivity contribution is 1.28. The van der Waals surface area contributed by atoms with Crippen LogP contribution in [0.5, 0.6) is 0 Å². The van der Waals surface area contributed by atoms with Crippen LogP contribution in [0.1, 0.15) is 0 Å². The van der Waals surface area contributed by atoms with Gasteiger partial charge in [-0.1, -0.05) is 218 Å². The van der Waals surface area contributed by atoms with E-state index in [2.05, 4.69) is 265 Å². The summed E-state index contributed by atoms with van der Waals surface area (Å²) in [5, 5.41) is 2.28. The summed E-state index contributed by atoms with van der Waals surface area (Å²) in [5.41, 5.74) is 15.9. The molecule has 0 atom stereocenters. The predicted molar refractivity (Wildman–Crippen MR) is 255 cm³/mol. The smallest absolute Gasteiger partial charge is 0.0542 e. The Labute approximate surface area is 352 Å². The van der Waals surface area contributed by atoms with Crippen molar-refractivity contribution >= 4 is 44.9 Å². The summed E-state index contributed by atoms with van der Waals surface area (Å²) in [6.07, 6.45) is 0. The van der Waals surface area contributed by atoms with Crippen molar-refractivity contribution in [2.75, 3.05) is 9.80 Å². The van der Waals surface area contributed by atoms with Gasteiger partial charge in [0.15, 0.2) is 0 Å². The molecular formula is C58H42N2. The standard InChI is InChI=1S/C58H42N2/c1-5-23-43(24-6-1)47-31-15-19-37-53(47)59(54-38-20-16-32-48(54)44-25-7-2-8-26-44)57-41-42-58(52-36-14-13-35-51(52)57)60(55-39-21-17-33-49(55)45-27-9-3-10-28-45)56-40-22-18-34-50(56)46-29-11-4-12-30-46/h1-42H. The molecule has 0 fully saturated rings. The molecule has 0 aliphatic heterocycles. The highest BCUT2D eigenvalue weighted by Crippen LogP contribution is 2.51. The average molecular weight is 767 g/mol. The first-order valence-corrected chi connectivity index (χ1v) is 20.5. The predicted octanol–water partition coefficient (Wildman–Crippen LogP) is 16.4. The van der Waals surface area contributed by atoms with Gasteiger partial charge in [0.1, 0.15) is 0 Å². The zero-order chi connectivity index (χ0) is 40.1. The fourth-order valence-electron chi connectivity index (χ4n) is 8.56. The second-order valence-corrected chi connectivity index (χ2v) is 14.9. The summed E-state index contributed by atoms with van der Waals surface area (Å²) in [5.74, 6) is 0. The number of hydrogen-bond donors (Lipinski definition) is 0. The van der Waals surface area contributed by atoms with Crippen LogP contribution >= 0.6 is 0 Å². The van der Waals surface area contributed by atoms with Gasteiger partial charge in [-0.3, -0.25) is 0 Å². The van der Waals surface area contributed by atoms with Crippen molar-refractivity contribution in [2.24, 2.45) is 0 Å². The molecule has 0 aliphatic carbocycles. The maximum atomic E-state index is 2.47. The Morgan fingerprint density at radius 2 is 0.383 bits per heavy atom. The fourth-order valence-corrected chi connectivity index (χ4v) is 8.56. The lowest BCUT2D eigenvalue weighted by Crippen LogP contribution is -2.15. The van der Waals surface area contributed by atoms with Crippen LogP contribution in [-0.4, -0.2) is 0 Å². The first-order chi connectivity index (χ1) is 29.8. The summed E-state index contributed by atoms with van der Waals surface area (Å²) in [4.78, 5) is 4.94. The maximum Gasteiger partial charge on any atom is 0.0542 e. The van der Waals surface area contributed by atoms with E-state index in [0.717, 1.165) is 89.4 Å². The van der Waals surface area contributed by atoms with E-state index in [0.29, 0.717) is 0 Å². The molecule has 0 spiro atoms. The largest absolute Gasteiger partial charge is 0.309 e. The molecule has 10 rings (SSSR count). The van der Waals surface area contributed by atoms with E-state index in [4.69, 9.17) is 0 Å². The van der Waals surface area contributed by atoms with E-state index >= 15 is 0 Å². The molecule has 60 heavy (non-hydrogen) atoms. The lowest BCUT2D eigenvalue weighted by atomic mass is 9.96. The maximum absolute atomic E-state index is 2.47. The minimum Gasteiger partial charge on any atom is -0.309 e. The number of hydrogen-bond acceptors (Lipinski definition) is 2. The second-order valence-electron chi connectivity index (χ2n) is 14.9. The molecule has 0 radical (unpaired) electrons. The molecule has 0 amide bonds. The van der Waals surface area contributed by atoms with Crippen molar-refractivity contribution < 1.29 is 0 Å². The molecule has 0 aromatic heterocycles. The van der Waals surface area contributed by atoms with Crippen molar-refractivity contribution in [3.05, 3.63) is 255 Å². The van der Waals surface area contributed by atoms with Gasteiger partial charge < -0.3 is 9.80 Å². The molecule has 0 unspecified atom stereocenters. The molecular weight excluding hydrogens is 725 g/mol. The second kappa shape index (κ2) is 16.5. The summed E-state index contributed by atoms with van der Waals surface area (Å²) in [6.45, 7) is 0. The molecule has 2 heteroatoms. The summed E-state index contributed by atoms with van der Waals surface area (Å²) >= 11 is 0. The Hall–Kier alpha value is -7.94. The molecule has 2 nitrogen and oxygen atoms in total. The third-order valence-electron chi connectivity index (χ3n) is 11.3. The van der Waals surface area contributed by atoms with E-state index in [1.807, 2.05) is 0 Å². The lowest BCUT2D eigenvalue weighted by Gasteiger charge is -2.34. The number of para-hydroxylation sites is 4. The Balaban J connectivity index is 1.27. The number of anilines is 6. The fraction of sp³-hybridized carbons (Fsp3) is 0. The van der Waals surface area contributed by atoms with Crippen molar-refractivity contribution in [3.8, 4) is 44.5 Å². The quantitative estimate of drug-likeness (QED) is 0.137.